The first-order chi connectivity index (χ1) is 23.2. The molecule has 2 rings (SSSR count). The molecule has 2 aromatic rings. The summed E-state index contributed by atoms with van der Waals surface area (Å²) < 4.78 is 0. The number of aliphatic carboxylic acids is 2. The van der Waals surface area contributed by atoms with E-state index in [4.69, 9.17) is 10.8 Å². The highest BCUT2D eigenvalue weighted by Crippen LogP contribution is 2.12. The summed E-state index contributed by atoms with van der Waals surface area (Å²) in [4.78, 5) is 86.8. The number of carbonyl (C=O) groups excluding carboxylic acids is 5. The van der Waals surface area contributed by atoms with Gasteiger partial charge in [0, 0.05) is 12.8 Å². The first-order valence-corrected chi connectivity index (χ1v) is 15.7. The Bertz CT molecular complexity index is 1450. The number of carboxylic acid groups (broad SMARTS) is 2. The van der Waals surface area contributed by atoms with E-state index in [1.54, 1.807) is 56.3 Å². The first kappa shape index (κ1) is 39.7. The van der Waals surface area contributed by atoms with Gasteiger partial charge in [-0.1, -0.05) is 62.7 Å². The van der Waals surface area contributed by atoms with Crippen LogP contribution in [0, 0.1) is 5.92 Å². The van der Waals surface area contributed by atoms with Crippen molar-refractivity contribution in [1.29, 1.82) is 0 Å². The van der Waals surface area contributed by atoms with E-state index in [-0.39, 0.29) is 25.0 Å². The number of carboxylic acids is 2. The normalized spacial score (nSPS) is 13.8. The van der Waals surface area contributed by atoms with Gasteiger partial charge in [0.1, 0.15) is 23.9 Å². The molecule has 0 aromatic heterocycles. The minimum absolute atomic E-state index is 0.00649. The quantitative estimate of drug-likeness (QED) is 0.0832. The van der Waals surface area contributed by atoms with Crippen LogP contribution >= 0.6 is 0 Å². The van der Waals surface area contributed by atoms with Crippen molar-refractivity contribution in [2.24, 2.45) is 11.7 Å². The van der Waals surface area contributed by atoms with E-state index < -0.39 is 91.1 Å². The topological polar surface area (TPSA) is 266 Å². The van der Waals surface area contributed by atoms with Crippen LogP contribution in [0.1, 0.15) is 44.2 Å². The second-order valence-electron chi connectivity index (χ2n) is 11.5. The maximum atomic E-state index is 13.5. The van der Waals surface area contributed by atoms with E-state index >= 15 is 0 Å². The van der Waals surface area contributed by atoms with Gasteiger partial charge in [-0.25, -0.2) is 4.79 Å². The highest BCUT2D eigenvalue weighted by Gasteiger charge is 2.32. The SMILES string of the molecule is CC[C@H](C)[C@H](NC(=O)[C@H](Cc1ccccc1)NC(=O)CNC(=O)CNC(=O)[C@@H](N)Cc1ccc(O)cc1)C(=O)N[C@@H](CCC(=O)O)C(=O)O. The molecule has 2 aromatic carbocycles. The summed E-state index contributed by atoms with van der Waals surface area (Å²) in [6, 6.07) is 9.89. The molecular weight excluding hydrogens is 640 g/mol. The average molecular weight is 685 g/mol. The summed E-state index contributed by atoms with van der Waals surface area (Å²) in [7, 11) is 0. The van der Waals surface area contributed by atoms with Crippen LogP contribution in [-0.4, -0.2) is 94.1 Å². The molecule has 10 N–H and O–H groups in total. The number of hydrogen-bond donors (Lipinski definition) is 9. The Morgan fingerprint density at radius 1 is 0.714 bits per heavy atom. The second kappa shape index (κ2) is 20.0. The van der Waals surface area contributed by atoms with E-state index in [2.05, 4.69) is 26.6 Å². The highest BCUT2D eigenvalue weighted by atomic mass is 16.4. The summed E-state index contributed by atoms with van der Waals surface area (Å²) in [6.45, 7) is 2.40. The Balaban J connectivity index is 2.03. The lowest BCUT2D eigenvalue weighted by atomic mass is 9.96. The summed E-state index contributed by atoms with van der Waals surface area (Å²) in [5.74, 6) is -6.72. The summed E-state index contributed by atoms with van der Waals surface area (Å²) in [6.07, 6.45) is -0.296. The highest BCUT2D eigenvalue weighted by molar-refractivity contribution is 5.95. The van der Waals surface area contributed by atoms with Crippen LogP contribution in [0.15, 0.2) is 54.6 Å². The molecule has 49 heavy (non-hydrogen) atoms. The van der Waals surface area contributed by atoms with Gasteiger partial charge >= 0.3 is 11.9 Å². The number of hydrogen-bond acceptors (Lipinski definition) is 9. The van der Waals surface area contributed by atoms with Crippen molar-refractivity contribution < 1.29 is 48.9 Å². The fourth-order valence-electron chi connectivity index (χ4n) is 4.57. The van der Waals surface area contributed by atoms with Gasteiger partial charge in [0.15, 0.2) is 0 Å². The smallest absolute Gasteiger partial charge is 0.326 e. The minimum atomic E-state index is -1.50. The van der Waals surface area contributed by atoms with Gasteiger partial charge in [-0.3, -0.25) is 28.8 Å². The Kier molecular flexibility index (Phi) is 16.2. The largest absolute Gasteiger partial charge is 0.508 e. The van der Waals surface area contributed by atoms with Crippen LogP contribution in [-0.2, 0) is 46.4 Å². The Morgan fingerprint density at radius 2 is 1.33 bits per heavy atom. The van der Waals surface area contributed by atoms with Gasteiger partial charge in [0.25, 0.3) is 0 Å². The third-order valence-corrected chi connectivity index (χ3v) is 7.59. The number of nitrogens with one attached hydrogen (secondary N) is 5. The number of rotatable bonds is 20. The number of phenols is 1. The zero-order chi connectivity index (χ0) is 36.5. The summed E-state index contributed by atoms with van der Waals surface area (Å²) in [5.41, 5.74) is 7.27. The average Bonchev–Trinajstić information content (AvgIpc) is 3.07. The van der Waals surface area contributed by atoms with Crippen LogP contribution in [0.4, 0.5) is 0 Å². The molecule has 5 atom stereocenters. The lowest BCUT2D eigenvalue weighted by molar-refractivity contribution is -0.143. The zero-order valence-electron chi connectivity index (χ0n) is 27.3. The first-order valence-electron chi connectivity index (χ1n) is 15.7. The van der Waals surface area contributed by atoms with E-state index in [9.17, 15) is 43.8 Å². The van der Waals surface area contributed by atoms with Crippen LogP contribution in [0.5, 0.6) is 5.75 Å². The van der Waals surface area contributed by atoms with Gasteiger partial charge in [0.05, 0.1) is 19.1 Å². The zero-order valence-corrected chi connectivity index (χ0v) is 27.3. The van der Waals surface area contributed by atoms with Crippen molar-refractivity contribution in [2.45, 2.75) is 70.1 Å². The van der Waals surface area contributed by atoms with Crippen molar-refractivity contribution in [3.63, 3.8) is 0 Å². The monoisotopic (exact) mass is 684 g/mol. The molecule has 0 fully saturated rings. The standard InChI is InChI=1S/C33H44N6O10/c1-3-19(2)29(32(47)38-24(33(48)49)13-14-28(43)44)39-31(46)25(16-20-7-5-4-6-8-20)37-27(42)18-35-26(41)17-36-30(45)23(34)15-21-9-11-22(40)12-10-21/h4-12,19,23-25,29,40H,3,13-18,34H2,1-2H3,(H,35,41)(H,36,45)(H,37,42)(H,38,47)(H,39,46)(H,43,44)(H,48,49)/t19-,23-,24-,25-,29-/m0/s1. The minimum Gasteiger partial charge on any atom is -0.508 e. The van der Waals surface area contributed by atoms with E-state index in [1.165, 1.54) is 12.1 Å². The predicted molar refractivity (Wildman–Crippen MR) is 176 cm³/mol. The Labute approximate surface area is 283 Å². The second-order valence-corrected chi connectivity index (χ2v) is 11.5. The van der Waals surface area contributed by atoms with Crippen molar-refractivity contribution in [3.8, 4) is 5.75 Å². The molecule has 0 saturated heterocycles. The number of benzene rings is 2. The number of aromatic hydroxyl groups is 1. The van der Waals surface area contributed by atoms with E-state index in [0.717, 1.165) is 0 Å². The molecule has 0 aliphatic heterocycles. The third-order valence-electron chi connectivity index (χ3n) is 7.59. The molecular formula is C33H44N6O10. The summed E-state index contributed by atoms with van der Waals surface area (Å²) in [5, 5.41) is 40.0. The van der Waals surface area contributed by atoms with Gasteiger partial charge in [-0.05, 0) is 42.0 Å². The van der Waals surface area contributed by atoms with Crippen molar-refractivity contribution in [1.82, 2.24) is 26.6 Å². The number of nitrogens with two attached hydrogens (primary N) is 1. The molecule has 0 spiro atoms. The van der Waals surface area contributed by atoms with Crippen LogP contribution in [0.2, 0.25) is 0 Å². The number of phenolic OH excluding ortho intramolecular Hbond substituents is 1. The molecule has 0 aliphatic carbocycles. The molecule has 0 saturated carbocycles. The van der Waals surface area contributed by atoms with Gasteiger partial charge in [0.2, 0.25) is 29.5 Å². The van der Waals surface area contributed by atoms with Gasteiger partial charge < -0.3 is 47.6 Å². The fraction of sp³-hybridized carbons (Fsp3) is 0.424. The number of amides is 5. The number of carbonyl (C=O) groups is 7. The van der Waals surface area contributed by atoms with E-state index in [0.29, 0.717) is 17.5 Å². The van der Waals surface area contributed by atoms with Crippen LogP contribution < -0.4 is 32.3 Å². The fourth-order valence-corrected chi connectivity index (χ4v) is 4.57. The van der Waals surface area contributed by atoms with Crippen LogP contribution in [0.3, 0.4) is 0 Å². The third kappa shape index (κ3) is 14.4. The molecule has 0 unspecified atom stereocenters. The maximum absolute atomic E-state index is 13.5. The lowest BCUT2D eigenvalue weighted by Crippen LogP contribution is -2.58. The van der Waals surface area contributed by atoms with Gasteiger partial charge in [-0.2, -0.15) is 0 Å². The van der Waals surface area contributed by atoms with Crippen molar-refractivity contribution >= 4 is 41.5 Å². The predicted octanol–water partition coefficient (Wildman–Crippen LogP) is -0.813. The molecule has 16 heteroatoms. The Hall–Kier alpha value is -5.51. The van der Waals surface area contributed by atoms with Crippen molar-refractivity contribution in [2.75, 3.05) is 13.1 Å². The lowest BCUT2D eigenvalue weighted by Gasteiger charge is -2.28. The van der Waals surface area contributed by atoms with Crippen LogP contribution in [0.25, 0.3) is 0 Å². The molecule has 0 radical (unpaired) electrons. The van der Waals surface area contributed by atoms with E-state index in [1.807, 2.05) is 0 Å². The molecule has 5 amide bonds. The van der Waals surface area contributed by atoms with Crippen molar-refractivity contribution in [3.05, 3.63) is 65.7 Å². The van der Waals surface area contributed by atoms with Gasteiger partial charge in [-0.15, -0.1) is 0 Å². The molecule has 266 valence electrons. The summed E-state index contributed by atoms with van der Waals surface area (Å²) >= 11 is 0. The molecule has 16 nitrogen and oxygen atoms in total. The maximum Gasteiger partial charge on any atom is 0.326 e. The molecule has 0 heterocycles. The Morgan fingerprint density at radius 3 is 1.92 bits per heavy atom. The molecule has 0 aliphatic rings. The molecule has 0 bridgehead atoms.